The summed E-state index contributed by atoms with van der Waals surface area (Å²) in [5.74, 6) is 0. The van der Waals surface area contributed by atoms with Gasteiger partial charge in [-0.15, -0.1) is 0 Å². The quantitative estimate of drug-likeness (QED) is 0.687. The molecule has 0 aliphatic heterocycles. The molecule has 0 spiro atoms. The Hall–Kier alpha value is -0.160. The zero-order valence-electron chi connectivity index (χ0n) is 12.4. The summed E-state index contributed by atoms with van der Waals surface area (Å²) in [6.07, 6.45) is 4.92. The smallest absolute Gasteiger partial charge is 0.0897 e. The van der Waals surface area contributed by atoms with Crippen LogP contribution in [0.4, 0.5) is 0 Å². The van der Waals surface area contributed by atoms with Gasteiger partial charge in [0.05, 0.1) is 18.8 Å². The average Bonchev–Trinajstić information content (AvgIpc) is 2.76. The van der Waals surface area contributed by atoms with Crippen molar-refractivity contribution in [1.29, 1.82) is 0 Å². The van der Waals surface area contributed by atoms with Gasteiger partial charge in [0.1, 0.15) is 0 Å². The molecule has 0 aromatic rings. The summed E-state index contributed by atoms with van der Waals surface area (Å²) in [4.78, 5) is 2.34. The molecular formula is C14H30N2O2. The highest BCUT2D eigenvalue weighted by atomic mass is 16.5. The fraction of sp³-hybridized carbons (Fsp3) is 1.00. The van der Waals surface area contributed by atoms with Crippen molar-refractivity contribution in [2.45, 2.75) is 57.3 Å². The molecule has 1 saturated carbocycles. The number of hydrogen-bond acceptors (Lipinski definition) is 4. The number of nitrogens with one attached hydrogen (secondary N) is 1. The molecule has 0 aromatic carbocycles. The fourth-order valence-corrected chi connectivity index (χ4v) is 2.65. The van der Waals surface area contributed by atoms with Gasteiger partial charge in [0, 0.05) is 18.6 Å². The first kappa shape index (κ1) is 15.9. The van der Waals surface area contributed by atoms with Gasteiger partial charge in [-0.2, -0.15) is 0 Å². The maximum absolute atomic E-state index is 9.79. The van der Waals surface area contributed by atoms with E-state index in [9.17, 15) is 5.11 Å². The summed E-state index contributed by atoms with van der Waals surface area (Å²) in [5, 5.41) is 13.2. The largest absolute Gasteiger partial charge is 0.389 e. The molecule has 0 saturated heterocycles. The highest BCUT2D eigenvalue weighted by Crippen LogP contribution is 2.32. The number of aliphatic hydroxyl groups excluding tert-OH is 1. The van der Waals surface area contributed by atoms with Gasteiger partial charge in [-0.1, -0.05) is 12.8 Å². The van der Waals surface area contributed by atoms with Crippen molar-refractivity contribution >= 4 is 0 Å². The molecule has 0 amide bonds. The monoisotopic (exact) mass is 258 g/mol. The van der Waals surface area contributed by atoms with Gasteiger partial charge in [-0.3, -0.25) is 0 Å². The number of nitrogens with zero attached hydrogens (tertiary/aromatic N) is 1. The molecule has 1 aliphatic carbocycles. The topological polar surface area (TPSA) is 44.7 Å². The highest BCUT2D eigenvalue weighted by Gasteiger charge is 2.35. The van der Waals surface area contributed by atoms with Gasteiger partial charge in [0.25, 0.3) is 0 Å². The predicted octanol–water partition coefficient (Wildman–Crippen LogP) is 1.24. The summed E-state index contributed by atoms with van der Waals surface area (Å²) in [6, 6.07) is 0. The SMILES string of the molecule is CC(C)OCC(O)CNCC1(N(C)C)CCCC1. The minimum absolute atomic E-state index is 0.183. The number of aliphatic hydroxyl groups is 1. The van der Waals surface area contributed by atoms with Gasteiger partial charge in [0.15, 0.2) is 0 Å². The van der Waals surface area contributed by atoms with E-state index in [1.165, 1.54) is 25.7 Å². The van der Waals surface area contributed by atoms with Crippen LogP contribution in [-0.4, -0.2) is 61.5 Å². The summed E-state index contributed by atoms with van der Waals surface area (Å²) < 4.78 is 5.40. The summed E-state index contributed by atoms with van der Waals surface area (Å²) in [5.41, 5.74) is 0.290. The molecule has 1 unspecified atom stereocenters. The van der Waals surface area contributed by atoms with Crippen molar-refractivity contribution in [3.63, 3.8) is 0 Å². The standard InChI is InChI=1S/C14H30N2O2/c1-12(2)18-10-13(17)9-15-11-14(16(3)4)7-5-6-8-14/h12-13,15,17H,5-11H2,1-4H3. The summed E-state index contributed by atoms with van der Waals surface area (Å²) in [7, 11) is 4.32. The third-order valence-electron chi connectivity index (χ3n) is 3.94. The lowest BCUT2D eigenvalue weighted by Crippen LogP contribution is -2.51. The molecule has 1 rings (SSSR count). The first-order valence-electron chi connectivity index (χ1n) is 7.14. The molecule has 1 fully saturated rings. The first-order chi connectivity index (χ1) is 8.46. The molecule has 0 heterocycles. The van der Waals surface area contributed by atoms with Crippen molar-refractivity contribution in [1.82, 2.24) is 10.2 Å². The van der Waals surface area contributed by atoms with Crippen molar-refractivity contribution in [2.75, 3.05) is 33.8 Å². The van der Waals surface area contributed by atoms with E-state index in [1.807, 2.05) is 13.8 Å². The third-order valence-corrected chi connectivity index (χ3v) is 3.94. The average molecular weight is 258 g/mol. The zero-order chi connectivity index (χ0) is 13.6. The minimum atomic E-state index is -0.409. The lowest BCUT2D eigenvalue weighted by atomic mass is 9.96. The second-order valence-corrected chi connectivity index (χ2v) is 5.99. The molecular weight excluding hydrogens is 228 g/mol. The van der Waals surface area contributed by atoms with Crippen LogP contribution >= 0.6 is 0 Å². The number of hydrogen-bond donors (Lipinski definition) is 2. The lowest BCUT2D eigenvalue weighted by molar-refractivity contribution is 0.00498. The van der Waals surface area contributed by atoms with Gasteiger partial charge in [-0.25, -0.2) is 0 Å². The number of ether oxygens (including phenoxy) is 1. The Kier molecular flexibility index (Phi) is 6.57. The van der Waals surface area contributed by atoms with Crippen LogP contribution in [0.5, 0.6) is 0 Å². The Morgan fingerprint density at radius 1 is 1.28 bits per heavy atom. The Morgan fingerprint density at radius 3 is 2.39 bits per heavy atom. The van der Waals surface area contributed by atoms with Crippen LogP contribution in [0.2, 0.25) is 0 Å². The molecule has 2 N–H and O–H groups in total. The van der Waals surface area contributed by atoms with Crippen LogP contribution in [0.1, 0.15) is 39.5 Å². The van der Waals surface area contributed by atoms with Crippen molar-refractivity contribution < 1.29 is 9.84 Å². The molecule has 4 nitrogen and oxygen atoms in total. The van der Waals surface area contributed by atoms with Gasteiger partial charge < -0.3 is 20.1 Å². The van der Waals surface area contributed by atoms with E-state index in [0.29, 0.717) is 18.7 Å². The minimum Gasteiger partial charge on any atom is -0.389 e. The maximum Gasteiger partial charge on any atom is 0.0897 e. The molecule has 1 aliphatic rings. The Bertz CT molecular complexity index is 226. The molecule has 0 bridgehead atoms. The highest BCUT2D eigenvalue weighted by molar-refractivity contribution is 4.94. The second kappa shape index (κ2) is 7.43. The van der Waals surface area contributed by atoms with E-state index in [1.54, 1.807) is 0 Å². The summed E-state index contributed by atoms with van der Waals surface area (Å²) in [6.45, 7) is 5.96. The van der Waals surface area contributed by atoms with Crippen LogP contribution in [0.3, 0.4) is 0 Å². The van der Waals surface area contributed by atoms with E-state index >= 15 is 0 Å². The van der Waals surface area contributed by atoms with Crippen LogP contribution in [0.25, 0.3) is 0 Å². The predicted molar refractivity (Wildman–Crippen MR) is 74.9 cm³/mol. The number of likely N-dealkylation sites (N-methyl/N-ethyl adjacent to an activating group) is 1. The summed E-state index contributed by atoms with van der Waals surface area (Å²) >= 11 is 0. The van der Waals surface area contributed by atoms with Gasteiger partial charge in [0.2, 0.25) is 0 Å². The van der Waals surface area contributed by atoms with Gasteiger partial charge >= 0.3 is 0 Å². The fourth-order valence-electron chi connectivity index (χ4n) is 2.65. The molecule has 0 radical (unpaired) electrons. The normalized spacial score (nSPS) is 20.8. The molecule has 108 valence electrons. The van der Waals surface area contributed by atoms with Crippen LogP contribution in [-0.2, 0) is 4.74 Å². The van der Waals surface area contributed by atoms with E-state index in [-0.39, 0.29) is 6.10 Å². The van der Waals surface area contributed by atoms with Crippen LogP contribution in [0, 0.1) is 0 Å². The van der Waals surface area contributed by atoms with E-state index in [0.717, 1.165) is 6.54 Å². The van der Waals surface area contributed by atoms with E-state index in [2.05, 4.69) is 24.3 Å². The lowest BCUT2D eigenvalue weighted by Gasteiger charge is -2.37. The second-order valence-electron chi connectivity index (χ2n) is 5.99. The molecule has 18 heavy (non-hydrogen) atoms. The van der Waals surface area contributed by atoms with E-state index < -0.39 is 6.10 Å². The number of rotatable bonds is 8. The Balaban J connectivity index is 2.23. The van der Waals surface area contributed by atoms with E-state index in [4.69, 9.17) is 4.74 Å². The molecule has 0 aromatic heterocycles. The maximum atomic E-state index is 9.79. The van der Waals surface area contributed by atoms with Crippen LogP contribution in [0.15, 0.2) is 0 Å². The van der Waals surface area contributed by atoms with Gasteiger partial charge in [-0.05, 0) is 40.8 Å². The Labute approximate surface area is 112 Å². The van der Waals surface area contributed by atoms with Crippen LogP contribution < -0.4 is 5.32 Å². The van der Waals surface area contributed by atoms with Crippen molar-refractivity contribution in [3.8, 4) is 0 Å². The molecule has 1 atom stereocenters. The first-order valence-corrected chi connectivity index (χ1v) is 7.14. The molecule has 4 heteroatoms. The Morgan fingerprint density at radius 2 is 1.89 bits per heavy atom. The van der Waals surface area contributed by atoms with Crippen molar-refractivity contribution in [2.24, 2.45) is 0 Å². The van der Waals surface area contributed by atoms with Crippen molar-refractivity contribution in [3.05, 3.63) is 0 Å². The zero-order valence-corrected chi connectivity index (χ0v) is 12.4. The third kappa shape index (κ3) is 4.84.